The number of hydrogen-bond donors (Lipinski definition) is 2. The molecular formula is C11H17NO4. The van der Waals surface area contributed by atoms with Crippen LogP contribution in [-0.2, 0) is 14.3 Å². The van der Waals surface area contributed by atoms with Crippen LogP contribution < -0.4 is 5.32 Å². The molecule has 1 unspecified atom stereocenters. The minimum Gasteiger partial charge on any atom is -0.480 e. The van der Waals surface area contributed by atoms with Crippen molar-refractivity contribution in [1.29, 1.82) is 0 Å². The van der Waals surface area contributed by atoms with Crippen molar-refractivity contribution in [3.8, 4) is 0 Å². The third kappa shape index (κ3) is 6.78. The highest BCUT2D eigenvalue weighted by molar-refractivity contribution is 5.83. The molecule has 1 amide bonds. The molecule has 1 atom stereocenters. The van der Waals surface area contributed by atoms with Gasteiger partial charge in [-0.25, -0.2) is 4.79 Å². The van der Waals surface area contributed by atoms with Gasteiger partial charge in [0, 0.05) is 6.42 Å². The van der Waals surface area contributed by atoms with Gasteiger partial charge >= 0.3 is 5.97 Å². The van der Waals surface area contributed by atoms with Crippen LogP contribution in [-0.4, -0.2) is 36.2 Å². The van der Waals surface area contributed by atoms with Gasteiger partial charge in [0.05, 0.1) is 13.2 Å². The number of allylic oxidation sites excluding steroid dienone is 1. The number of aliphatic carboxylic acids is 1. The third-order valence-corrected chi connectivity index (χ3v) is 1.73. The Morgan fingerprint density at radius 1 is 1.38 bits per heavy atom. The summed E-state index contributed by atoms with van der Waals surface area (Å²) in [5, 5.41) is 11.2. The topological polar surface area (TPSA) is 75.6 Å². The van der Waals surface area contributed by atoms with E-state index in [2.05, 4.69) is 18.5 Å². The van der Waals surface area contributed by atoms with Crippen LogP contribution in [0.4, 0.5) is 0 Å². The quantitative estimate of drug-likeness (QED) is 0.449. The first kappa shape index (κ1) is 14.4. The largest absolute Gasteiger partial charge is 0.480 e. The van der Waals surface area contributed by atoms with E-state index in [1.807, 2.05) is 0 Å². The highest BCUT2D eigenvalue weighted by Crippen LogP contribution is 1.93. The number of hydrogen-bond acceptors (Lipinski definition) is 3. The summed E-state index contributed by atoms with van der Waals surface area (Å²) in [4.78, 5) is 22.0. The zero-order chi connectivity index (χ0) is 12.4. The summed E-state index contributed by atoms with van der Waals surface area (Å²) in [5.41, 5.74) is 0. The summed E-state index contributed by atoms with van der Waals surface area (Å²) in [6.07, 6.45) is 3.86. The maximum Gasteiger partial charge on any atom is 0.328 e. The van der Waals surface area contributed by atoms with Crippen LogP contribution in [0.5, 0.6) is 0 Å². The van der Waals surface area contributed by atoms with E-state index in [1.54, 1.807) is 6.08 Å². The zero-order valence-electron chi connectivity index (χ0n) is 9.15. The Kier molecular flexibility index (Phi) is 7.79. The minimum atomic E-state index is -1.11. The molecule has 5 heteroatoms. The third-order valence-electron chi connectivity index (χ3n) is 1.73. The normalized spacial score (nSPS) is 11.5. The first-order valence-electron chi connectivity index (χ1n) is 4.93. The van der Waals surface area contributed by atoms with Crippen molar-refractivity contribution in [2.75, 3.05) is 13.2 Å². The zero-order valence-corrected chi connectivity index (χ0v) is 9.15. The van der Waals surface area contributed by atoms with E-state index in [-0.39, 0.29) is 25.5 Å². The molecule has 0 saturated carbocycles. The lowest BCUT2D eigenvalue weighted by atomic mass is 10.2. The second-order valence-electron chi connectivity index (χ2n) is 3.11. The summed E-state index contributed by atoms with van der Waals surface area (Å²) in [6, 6.07) is -1.02. The molecule has 0 aromatic rings. The SMILES string of the molecule is C=CCCC(=O)NC(COCC=C)C(=O)O. The highest BCUT2D eigenvalue weighted by atomic mass is 16.5. The second-order valence-corrected chi connectivity index (χ2v) is 3.11. The number of nitrogens with one attached hydrogen (secondary N) is 1. The molecular weight excluding hydrogens is 210 g/mol. The van der Waals surface area contributed by atoms with Crippen LogP contribution in [0.25, 0.3) is 0 Å². The number of carboxylic acids is 1. The number of ether oxygens (including phenoxy) is 1. The van der Waals surface area contributed by atoms with Crippen LogP contribution in [0.15, 0.2) is 25.3 Å². The van der Waals surface area contributed by atoms with E-state index in [0.29, 0.717) is 6.42 Å². The van der Waals surface area contributed by atoms with Gasteiger partial charge in [0.15, 0.2) is 6.04 Å². The Labute approximate surface area is 94.8 Å². The predicted molar refractivity (Wildman–Crippen MR) is 60.0 cm³/mol. The van der Waals surface area contributed by atoms with E-state index in [9.17, 15) is 9.59 Å². The molecule has 0 fully saturated rings. The lowest BCUT2D eigenvalue weighted by Gasteiger charge is -2.13. The van der Waals surface area contributed by atoms with Crippen molar-refractivity contribution in [2.24, 2.45) is 0 Å². The van der Waals surface area contributed by atoms with E-state index >= 15 is 0 Å². The van der Waals surface area contributed by atoms with Gasteiger partial charge < -0.3 is 15.2 Å². The molecule has 0 aromatic carbocycles. The summed E-state index contributed by atoms with van der Waals surface area (Å²) in [7, 11) is 0. The smallest absolute Gasteiger partial charge is 0.328 e. The van der Waals surface area contributed by atoms with Gasteiger partial charge in [-0.15, -0.1) is 13.2 Å². The maximum atomic E-state index is 11.3. The minimum absolute atomic E-state index is 0.0683. The van der Waals surface area contributed by atoms with Gasteiger partial charge in [0.1, 0.15) is 0 Å². The van der Waals surface area contributed by atoms with Gasteiger partial charge in [0.25, 0.3) is 0 Å². The molecule has 2 N–H and O–H groups in total. The lowest BCUT2D eigenvalue weighted by molar-refractivity contribution is -0.143. The molecule has 90 valence electrons. The van der Waals surface area contributed by atoms with Crippen LogP contribution in [0, 0.1) is 0 Å². The van der Waals surface area contributed by atoms with Gasteiger partial charge in [0.2, 0.25) is 5.91 Å². The monoisotopic (exact) mass is 227 g/mol. The first-order valence-corrected chi connectivity index (χ1v) is 4.93. The molecule has 0 heterocycles. The standard InChI is InChI=1S/C11H17NO4/c1-3-5-6-10(13)12-9(11(14)15)8-16-7-4-2/h3-4,9H,1-2,5-8H2,(H,12,13)(H,14,15). The van der Waals surface area contributed by atoms with Crippen molar-refractivity contribution in [3.05, 3.63) is 25.3 Å². The Morgan fingerprint density at radius 3 is 2.56 bits per heavy atom. The highest BCUT2D eigenvalue weighted by Gasteiger charge is 2.19. The Bertz CT molecular complexity index is 263. The van der Waals surface area contributed by atoms with E-state index in [1.165, 1.54) is 6.08 Å². The average Bonchev–Trinajstić information content (AvgIpc) is 2.25. The molecule has 16 heavy (non-hydrogen) atoms. The number of carboxylic acid groups (broad SMARTS) is 1. The molecule has 0 aliphatic carbocycles. The predicted octanol–water partition coefficient (Wildman–Crippen LogP) is 0.725. The van der Waals surface area contributed by atoms with Crippen molar-refractivity contribution in [3.63, 3.8) is 0 Å². The van der Waals surface area contributed by atoms with Crippen molar-refractivity contribution in [1.82, 2.24) is 5.32 Å². The van der Waals surface area contributed by atoms with Gasteiger partial charge in [-0.05, 0) is 6.42 Å². The van der Waals surface area contributed by atoms with Crippen molar-refractivity contribution < 1.29 is 19.4 Å². The number of carbonyl (C=O) groups excluding carboxylic acids is 1. The van der Waals surface area contributed by atoms with E-state index in [0.717, 1.165) is 0 Å². The van der Waals surface area contributed by atoms with Gasteiger partial charge in [-0.1, -0.05) is 12.2 Å². The van der Waals surface area contributed by atoms with Crippen LogP contribution in [0.1, 0.15) is 12.8 Å². The molecule has 5 nitrogen and oxygen atoms in total. The molecule has 0 saturated heterocycles. The molecule has 0 bridgehead atoms. The van der Waals surface area contributed by atoms with E-state index in [4.69, 9.17) is 9.84 Å². The number of rotatable bonds is 9. The number of carbonyl (C=O) groups is 2. The fraction of sp³-hybridized carbons (Fsp3) is 0.455. The van der Waals surface area contributed by atoms with Crippen LogP contribution >= 0.6 is 0 Å². The molecule has 0 rings (SSSR count). The average molecular weight is 227 g/mol. The Balaban J connectivity index is 4.01. The van der Waals surface area contributed by atoms with Crippen LogP contribution in [0.2, 0.25) is 0 Å². The van der Waals surface area contributed by atoms with Crippen molar-refractivity contribution in [2.45, 2.75) is 18.9 Å². The van der Waals surface area contributed by atoms with E-state index < -0.39 is 12.0 Å². The Morgan fingerprint density at radius 2 is 2.06 bits per heavy atom. The fourth-order valence-corrected chi connectivity index (χ4v) is 0.944. The van der Waals surface area contributed by atoms with Gasteiger partial charge in [-0.3, -0.25) is 4.79 Å². The lowest BCUT2D eigenvalue weighted by Crippen LogP contribution is -2.43. The summed E-state index contributed by atoms with van der Waals surface area (Å²) in [5.74, 6) is -1.44. The summed E-state index contributed by atoms with van der Waals surface area (Å²) < 4.78 is 4.98. The Hall–Kier alpha value is -1.62. The molecule has 0 radical (unpaired) electrons. The molecule has 0 aliphatic rings. The maximum absolute atomic E-state index is 11.3. The summed E-state index contributed by atoms with van der Waals surface area (Å²) >= 11 is 0. The molecule has 0 aliphatic heterocycles. The molecule has 0 spiro atoms. The first-order chi connectivity index (χ1) is 7.61. The van der Waals surface area contributed by atoms with Crippen LogP contribution in [0.3, 0.4) is 0 Å². The summed E-state index contributed by atoms with van der Waals surface area (Å²) in [6.45, 7) is 7.10. The molecule has 0 aromatic heterocycles. The van der Waals surface area contributed by atoms with Gasteiger partial charge in [-0.2, -0.15) is 0 Å². The fourth-order valence-electron chi connectivity index (χ4n) is 0.944. The number of amides is 1. The second kappa shape index (κ2) is 8.67. The van der Waals surface area contributed by atoms with Crippen molar-refractivity contribution >= 4 is 11.9 Å².